The lowest BCUT2D eigenvalue weighted by atomic mass is 9.98. The number of rotatable bonds is 8. The van der Waals surface area contributed by atoms with Crippen LogP contribution in [0.1, 0.15) is 47.7 Å². The van der Waals surface area contributed by atoms with Gasteiger partial charge in [-0.15, -0.1) is 0 Å². The van der Waals surface area contributed by atoms with Gasteiger partial charge in [-0.1, -0.05) is 74.5 Å². The third kappa shape index (κ3) is 5.35. The summed E-state index contributed by atoms with van der Waals surface area (Å²) >= 11 is 0. The van der Waals surface area contributed by atoms with Crippen molar-refractivity contribution in [3.8, 4) is 11.1 Å². The number of hydrogen-bond acceptors (Lipinski definition) is 4. The number of carbonyl (C=O) groups excluding carboxylic acids is 2. The van der Waals surface area contributed by atoms with Gasteiger partial charge >= 0.3 is 12.1 Å². The van der Waals surface area contributed by atoms with E-state index in [0.717, 1.165) is 22.3 Å². The highest BCUT2D eigenvalue weighted by atomic mass is 16.5. The Kier molecular flexibility index (Phi) is 7.15. The van der Waals surface area contributed by atoms with Gasteiger partial charge in [0.25, 0.3) is 5.91 Å². The van der Waals surface area contributed by atoms with Gasteiger partial charge in [0.2, 0.25) is 0 Å². The first-order valence-corrected chi connectivity index (χ1v) is 11.6. The standard InChI is InChI=1S/C28H28N2O5/c1-17(2)25(15-26(31)32)29-27(33)22-13-7-8-14-24(22)30-28(34)35-16-23-20-11-5-3-9-18(20)19-10-4-6-12-21(19)23/h3-14,17,23,25H,15-16H2,1-2H3,(H,29,33)(H,30,34)(H,31,32)/t25-/m0/s1. The van der Waals surface area contributed by atoms with Crippen molar-refractivity contribution in [3.63, 3.8) is 0 Å². The maximum absolute atomic E-state index is 12.9. The highest BCUT2D eigenvalue weighted by Crippen LogP contribution is 2.44. The van der Waals surface area contributed by atoms with Gasteiger partial charge < -0.3 is 15.2 Å². The fraction of sp³-hybridized carbons (Fsp3) is 0.250. The predicted molar refractivity (Wildman–Crippen MR) is 133 cm³/mol. The van der Waals surface area contributed by atoms with E-state index < -0.39 is 24.0 Å². The number of fused-ring (bicyclic) bond motifs is 3. The Hall–Kier alpha value is -4.13. The molecule has 3 aromatic carbocycles. The topological polar surface area (TPSA) is 105 Å². The Balaban J connectivity index is 1.44. The zero-order valence-electron chi connectivity index (χ0n) is 19.7. The van der Waals surface area contributed by atoms with Crippen LogP contribution in [0.3, 0.4) is 0 Å². The van der Waals surface area contributed by atoms with Crippen LogP contribution in [-0.2, 0) is 9.53 Å². The number of carboxylic acids is 1. The molecule has 0 fully saturated rings. The zero-order chi connectivity index (χ0) is 24.9. The van der Waals surface area contributed by atoms with Crippen LogP contribution in [0.5, 0.6) is 0 Å². The molecule has 1 aliphatic rings. The lowest BCUT2D eigenvalue weighted by molar-refractivity contribution is -0.137. The van der Waals surface area contributed by atoms with E-state index in [0.29, 0.717) is 5.69 Å². The van der Waals surface area contributed by atoms with Gasteiger partial charge in [-0.25, -0.2) is 4.79 Å². The Morgan fingerprint density at radius 1 is 0.886 bits per heavy atom. The van der Waals surface area contributed by atoms with E-state index >= 15 is 0 Å². The van der Waals surface area contributed by atoms with Crippen LogP contribution in [-0.4, -0.2) is 35.7 Å². The van der Waals surface area contributed by atoms with E-state index in [-0.39, 0.29) is 30.4 Å². The zero-order valence-corrected chi connectivity index (χ0v) is 19.7. The first kappa shape index (κ1) is 24.0. The van der Waals surface area contributed by atoms with Crippen LogP contribution in [0.4, 0.5) is 10.5 Å². The van der Waals surface area contributed by atoms with Crippen molar-refractivity contribution in [1.29, 1.82) is 0 Å². The van der Waals surface area contributed by atoms with E-state index in [1.807, 2.05) is 50.2 Å². The number of aliphatic carboxylic acids is 1. The van der Waals surface area contributed by atoms with Gasteiger partial charge in [0.15, 0.2) is 0 Å². The summed E-state index contributed by atoms with van der Waals surface area (Å²) in [6, 6.07) is 22.2. The summed E-state index contributed by atoms with van der Waals surface area (Å²) in [5, 5.41) is 14.6. The summed E-state index contributed by atoms with van der Waals surface area (Å²) in [5.41, 5.74) is 5.02. The van der Waals surface area contributed by atoms with Crippen molar-refractivity contribution in [2.75, 3.05) is 11.9 Å². The van der Waals surface area contributed by atoms with E-state index in [9.17, 15) is 14.4 Å². The number of hydrogen-bond donors (Lipinski definition) is 3. The summed E-state index contributed by atoms with van der Waals surface area (Å²) in [6.07, 6.45) is -0.858. The Morgan fingerprint density at radius 2 is 1.46 bits per heavy atom. The third-order valence-corrected chi connectivity index (χ3v) is 6.27. The Labute approximate surface area is 204 Å². The molecule has 0 unspecified atom stereocenters. The minimum Gasteiger partial charge on any atom is -0.481 e. The molecule has 1 aliphatic carbocycles. The van der Waals surface area contributed by atoms with Crippen molar-refractivity contribution in [2.45, 2.75) is 32.2 Å². The van der Waals surface area contributed by atoms with Crippen molar-refractivity contribution < 1.29 is 24.2 Å². The largest absolute Gasteiger partial charge is 0.481 e. The number of para-hydroxylation sites is 1. The monoisotopic (exact) mass is 472 g/mol. The predicted octanol–water partition coefficient (Wildman–Crippen LogP) is 5.28. The van der Waals surface area contributed by atoms with Gasteiger partial charge in [-0.05, 0) is 40.3 Å². The van der Waals surface area contributed by atoms with Crippen molar-refractivity contribution >= 4 is 23.7 Å². The molecule has 7 heteroatoms. The summed E-state index contributed by atoms with van der Waals surface area (Å²) < 4.78 is 5.59. The fourth-order valence-corrected chi connectivity index (χ4v) is 4.42. The first-order valence-electron chi connectivity index (χ1n) is 11.6. The number of carboxylic acid groups (broad SMARTS) is 1. The molecular weight excluding hydrogens is 444 g/mol. The van der Waals surface area contributed by atoms with Crippen LogP contribution in [0.25, 0.3) is 11.1 Å². The second kappa shape index (κ2) is 10.4. The third-order valence-electron chi connectivity index (χ3n) is 6.27. The molecule has 2 amide bonds. The van der Waals surface area contributed by atoms with Crippen LogP contribution >= 0.6 is 0 Å². The van der Waals surface area contributed by atoms with Crippen LogP contribution in [0.15, 0.2) is 72.8 Å². The molecular formula is C28H28N2O5. The molecule has 0 saturated heterocycles. The smallest absolute Gasteiger partial charge is 0.411 e. The molecule has 3 N–H and O–H groups in total. The highest BCUT2D eigenvalue weighted by Gasteiger charge is 2.29. The lowest BCUT2D eigenvalue weighted by Crippen LogP contribution is -2.40. The molecule has 0 saturated carbocycles. The molecule has 0 bridgehead atoms. The van der Waals surface area contributed by atoms with E-state index in [1.54, 1.807) is 24.3 Å². The molecule has 0 spiro atoms. The Morgan fingerprint density at radius 3 is 2.06 bits per heavy atom. The molecule has 4 rings (SSSR count). The molecule has 35 heavy (non-hydrogen) atoms. The van der Waals surface area contributed by atoms with Gasteiger partial charge in [-0.3, -0.25) is 14.9 Å². The van der Waals surface area contributed by atoms with E-state index in [1.165, 1.54) is 0 Å². The number of ether oxygens (including phenoxy) is 1. The summed E-state index contributed by atoms with van der Waals surface area (Å²) in [7, 11) is 0. The van der Waals surface area contributed by atoms with Crippen LogP contribution in [0.2, 0.25) is 0 Å². The van der Waals surface area contributed by atoms with E-state index in [4.69, 9.17) is 9.84 Å². The summed E-state index contributed by atoms with van der Waals surface area (Å²) in [5.74, 6) is -1.60. The van der Waals surface area contributed by atoms with Gasteiger partial charge in [0.1, 0.15) is 6.61 Å². The minimum atomic E-state index is -0.992. The molecule has 7 nitrogen and oxygen atoms in total. The van der Waals surface area contributed by atoms with Gasteiger partial charge in [0, 0.05) is 12.0 Å². The summed E-state index contributed by atoms with van der Waals surface area (Å²) in [4.78, 5) is 36.7. The number of carbonyl (C=O) groups is 3. The minimum absolute atomic E-state index is 0.0719. The number of benzene rings is 3. The number of nitrogens with one attached hydrogen (secondary N) is 2. The van der Waals surface area contributed by atoms with Crippen molar-refractivity contribution in [1.82, 2.24) is 5.32 Å². The highest BCUT2D eigenvalue weighted by molar-refractivity contribution is 6.02. The van der Waals surface area contributed by atoms with Gasteiger partial charge in [-0.2, -0.15) is 0 Å². The maximum atomic E-state index is 12.9. The number of anilines is 1. The molecule has 3 aromatic rings. The molecule has 1 atom stereocenters. The quantitative estimate of drug-likeness (QED) is 0.414. The normalized spacial score (nSPS) is 13.0. The van der Waals surface area contributed by atoms with Gasteiger partial charge in [0.05, 0.1) is 17.7 Å². The molecule has 180 valence electrons. The number of amides is 2. The second-order valence-electron chi connectivity index (χ2n) is 8.92. The van der Waals surface area contributed by atoms with Crippen LogP contribution < -0.4 is 10.6 Å². The lowest BCUT2D eigenvalue weighted by Gasteiger charge is -2.21. The van der Waals surface area contributed by atoms with Crippen molar-refractivity contribution in [3.05, 3.63) is 89.5 Å². The average molecular weight is 473 g/mol. The molecule has 0 radical (unpaired) electrons. The average Bonchev–Trinajstić information content (AvgIpc) is 3.16. The SMILES string of the molecule is CC(C)[C@H](CC(=O)O)NC(=O)c1ccccc1NC(=O)OCC1c2ccccc2-c2ccccc21. The van der Waals surface area contributed by atoms with Crippen LogP contribution in [0, 0.1) is 5.92 Å². The Bertz CT molecular complexity index is 1210. The van der Waals surface area contributed by atoms with E-state index in [2.05, 4.69) is 22.8 Å². The second-order valence-corrected chi connectivity index (χ2v) is 8.92. The molecule has 0 heterocycles. The molecule has 0 aromatic heterocycles. The maximum Gasteiger partial charge on any atom is 0.411 e. The molecule has 0 aliphatic heterocycles. The fourth-order valence-electron chi connectivity index (χ4n) is 4.42. The summed E-state index contributed by atoms with van der Waals surface area (Å²) in [6.45, 7) is 3.84. The van der Waals surface area contributed by atoms with Crippen molar-refractivity contribution in [2.24, 2.45) is 5.92 Å². The first-order chi connectivity index (χ1) is 16.8.